The average molecular weight is 401 g/mol. The molecule has 0 radical (unpaired) electrons. The number of rotatable bonds is 3. The molecule has 3 N–H and O–H groups in total. The van der Waals surface area contributed by atoms with Gasteiger partial charge in [-0.1, -0.05) is 29.8 Å². The monoisotopic (exact) mass is 400 g/mol. The van der Waals surface area contributed by atoms with Crippen LogP contribution in [0.5, 0.6) is 17.2 Å². The minimum atomic E-state index is -0.785. The predicted molar refractivity (Wildman–Crippen MR) is 97.7 cm³/mol. The first-order valence-electron chi connectivity index (χ1n) is 8.07. The second kappa shape index (κ2) is 7.12. The van der Waals surface area contributed by atoms with Crippen LogP contribution in [0.1, 0.15) is 20.8 Å². The normalized spacial score (nSPS) is 11.9. The third-order valence-electron chi connectivity index (χ3n) is 3.91. The standard InChI is InChI=1S/C18H13ClN4O5/c19-12-6-10(7-14-16(12)28-9-27-14)17(25)20-21-18(26)15-13(24)8-23(22-15)11-4-2-1-3-5-11/h1-8,24H,9H2,(H,20,25)(H,21,26). The number of ether oxygens (including phenoxy) is 2. The maximum Gasteiger partial charge on any atom is 0.294 e. The molecule has 0 fully saturated rings. The topological polar surface area (TPSA) is 115 Å². The number of hydrogen-bond donors (Lipinski definition) is 3. The number of carbonyl (C=O) groups excluding carboxylic acids is 2. The summed E-state index contributed by atoms with van der Waals surface area (Å²) in [5, 5.41) is 14.2. The molecule has 0 saturated heterocycles. The Morgan fingerprint density at radius 3 is 2.64 bits per heavy atom. The van der Waals surface area contributed by atoms with E-state index in [4.69, 9.17) is 21.1 Å². The summed E-state index contributed by atoms with van der Waals surface area (Å²) in [4.78, 5) is 24.5. The maximum absolute atomic E-state index is 12.3. The molecule has 0 unspecified atom stereocenters. The van der Waals surface area contributed by atoms with Crippen molar-refractivity contribution in [3.05, 3.63) is 64.9 Å². The van der Waals surface area contributed by atoms with Crippen LogP contribution >= 0.6 is 11.6 Å². The van der Waals surface area contributed by atoms with Crippen molar-refractivity contribution in [2.75, 3.05) is 6.79 Å². The van der Waals surface area contributed by atoms with Gasteiger partial charge in [-0.2, -0.15) is 5.10 Å². The third-order valence-corrected chi connectivity index (χ3v) is 4.19. The molecule has 28 heavy (non-hydrogen) atoms. The molecular formula is C18H13ClN4O5. The highest BCUT2D eigenvalue weighted by Crippen LogP contribution is 2.39. The molecule has 2 heterocycles. The van der Waals surface area contributed by atoms with Crippen molar-refractivity contribution in [3.8, 4) is 22.9 Å². The van der Waals surface area contributed by atoms with E-state index < -0.39 is 11.8 Å². The first-order valence-corrected chi connectivity index (χ1v) is 8.44. The van der Waals surface area contributed by atoms with Gasteiger partial charge in [0.2, 0.25) is 6.79 Å². The Balaban J connectivity index is 1.46. The van der Waals surface area contributed by atoms with Gasteiger partial charge >= 0.3 is 0 Å². The molecule has 2 aromatic carbocycles. The Kier molecular flexibility index (Phi) is 4.50. The Morgan fingerprint density at radius 1 is 1.11 bits per heavy atom. The Labute approximate surface area is 163 Å². The van der Waals surface area contributed by atoms with Gasteiger partial charge in [-0.15, -0.1) is 0 Å². The number of aromatic hydroxyl groups is 1. The summed E-state index contributed by atoms with van der Waals surface area (Å²) in [7, 11) is 0. The smallest absolute Gasteiger partial charge is 0.294 e. The van der Waals surface area contributed by atoms with Crippen molar-refractivity contribution in [1.82, 2.24) is 20.6 Å². The minimum Gasteiger partial charge on any atom is -0.504 e. The van der Waals surface area contributed by atoms with Crippen LogP contribution in [0, 0.1) is 0 Å². The van der Waals surface area contributed by atoms with E-state index in [2.05, 4.69) is 16.0 Å². The number of aromatic nitrogens is 2. The molecule has 0 aliphatic carbocycles. The molecule has 0 atom stereocenters. The SMILES string of the molecule is O=C(NNC(=O)c1nn(-c2ccccc2)cc1O)c1cc(Cl)c2c(c1)OCO2. The quantitative estimate of drug-likeness (QED) is 0.579. The van der Waals surface area contributed by atoms with E-state index in [1.54, 1.807) is 24.3 Å². The summed E-state index contributed by atoms with van der Waals surface area (Å²) in [5.41, 5.74) is 5.02. The number of halogens is 1. The van der Waals surface area contributed by atoms with Crippen LogP contribution < -0.4 is 20.3 Å². The van der Waals surface area contributed by atoms with E-state index in [9.17, 15) is 14.7 Å². The Bertz CT molecular complexity index is 1070. The number of para-hydroxylation sites is 1. The molecule has 3 aromatic rings. The van der Waals surface area contributed by atoms with Gasteiger partial charge in [-0.05, 0) is 24.3 Å². The molecule has 4 rings (SSSR count). The van der Waals surface area contributed by atoms with Gasteiger partial charge in [0.1, 0.15) is 0 Å². The van der Waals surface area contributed by atoms with Crippen LogP contribution in [0.4, 0.5) is 0 Å². The van der Waals surface area contributed by atoms with Crippen molar-refractivity contribution in [3.63, 3.8) is 0 Å². The Morgan fingerprint density at radius 2 is 1.86 bits per heavy atom. The van der Waals surface area contributed by atoms with E-state index in [1.807, 2.05) is 6.07 Å². The molecule has 0 saturated carbocycles. The lowest BCUT2D eigenvalue weighted by Gasteiger charge is -2.08. The molecular weight excluding hydrogens is 388 g/mol. The molecule has 2 amide bonds. The van der Waals surface area contributed by atoms with Crippen molar-refractivity contribution >= 4 is 23.4 Å². The number of nitrogens with zero attached hydrogens (tertiary/aromatic N) is 2. The van der Waals surface area contributed by atoms with Gasteiger partial charge in [0.15, 0.2) is 22.9 Å². The van der Waals surface area contributed by atoms with Crippen molar-refractivity contribution in [2.24, 2.45) is 0 Å². The number of fused-ring (bicyclic) bond motifs is 1. The second-order valence-electron chi connectivity index (χ2n) is 5.74. The fourth-order valence-corrected chi connectivity index (χ4v) is 2.85. The number of amides is 2. The zero-order valence-corrected chi connectivity index (χ0v) is 14.9. The van der Waals surface area contributed by atoms with E-state index in [1.165, 1.54) is 23.0 Å². The average Bonchev–Trinajstić information content (AvgIpc) is 3.33. The summed E-state index contributed by atoms with van der Waals surface area (Å²) >= 11 is 6.04. The highest BCUT2D eigenvalue weighted by atomic mass is 35.5. The van der Waals surface area contributed by atoms with Crippen LogP contribution in [-0.4, -0.2) is 33.5 Å². The van der Waals surface area contributed by atoms with E-state index in [0.717, 1.165) is 0 Å². The lowest BCUT2D eigenvalue weighted by Crippen LogP contribution is -2.41. The van der Waals surface area contributed by atoms with Crippen LogP contribution in [0.25, 0.3) is 5.69 Å². The minimum absolute atomic E-state index is 0.0141. The molecule has 0 bridgehead atoms. The fourth-order valence-electron chi connectivity index (χ4n) is 2.58. The Hall–Kier alpha value is -3.72. The molecule has 10 heteroatoms. The van der Waals surface area contributed by atoms with Gasteiger partial charge in [-0.3, -0.25) is 20.4 Å². The zero-order valence-electron chi connectivity index (χ0n) is 14.2. The van der Waals surface area contributed by atoms with Crippen LogP contribution in [0.3, 0.4) is 0 Å². The van der Waals surface area contributed by atoms with Crippen molar-refractivity contribution in [2.45, 2.75) is 0 Å². The van der Waals surface area contributed by atoms with Gasteiger partial charge < -0.3 is 14.6 Å². The number of carbonyl (C=O) groups is 2. The molecule has 1 aromatic heterocycles. The summed E-state index contributed by atoms with van der Waals surface area (Å²) in [5.74, 6) is -1.05. The van der Waals surface area contributed by atoms with Crippen LogP contribution in [0.2, 0.25) is 5.02 Å². The van der Waals surface area contributed by atoms with Crippen molar-refractivity contribution in [1.29, 1.82) is 0 Å². The van der Waals surface area contributed by atoms with Gasteiger partial charge in [0.25, 0.3) is 11.8 Å². The van der Waals surface area contributed by atoms with Gasteiger partial charge in [-0.25, -0.2) is 4.68 Å². The first kappa shape index (κ1) is 17.7. The van der Waals surface area contributed by atoms with Crippen LogP contribution in [-0.2, 0) is 0 Å². The van der Waals surface area contributed by atoms with Gasteiger partial charge in [0.05, 0.1) is 16.9 Å². The summed E-state index contributed by atoms with van der Waals surface area (Å²) in [6.07, 6.45) is 1.30. The highest BCUT2D eigenvalue weighted by Gasteiger charge is 2.22. The van der Waals surface area contributed by atoms with E-state index in [-0.39, 0.29) is 28.8 Å². The fraction of sp³-hybridized carbons (Fsp3) is 0.0556. The zero-order chi connectivity index (χ0) is 19.7. The summed E-state index contributed by atoms with van der Waals surface area (Å²) in [6, 6.07) is 11.8. The molecule has 142 valence electrons. The molecule has 9 nitrogen and oxygen atoms in total. The van der Waals surface area contributed by atoms with Crippen LogP contribution in [0.15, 0.2) is 48.7 Å². The lowest BCUT2D eigenvalue weighted by atomic mass is 10.2. The van der Waals surface area contributed by atoms with E-state index >= 15 is 0 Å². The molecule has 0 spiro atoms. The predicted octanol–water partition coefficient (Wildman–Crippen LogP) is 2.03. The highest BCUT2D eigenvalue weighted by molar-refractivity contribution is 6.32. The van der Waals surface area contributed by atoms with Gasteiger partial charge in [0, 0.05) is 5.56 Å². The van der Waals surface area contributed by atoms with E-state index in [0.29, 0.717) is 17.2 Å². The lowest BCUT2D eigenvalue weighted by molar-refractivity contribution is 0.0842. The number of nitrogens with one attached hydrogen (secondary N) is 2. The summed E-state index contributed by atoms with van der Waals surface area (Å²) in [6.45, 7) is 0.0141. The molecule has 1 aliphatic heterocycles. The second-order valence-corrected chi connectivity index (χ2v) is 6.15. The largest absolute Gasteiger partial charge is 0.504 e. The third kappa shape index (κ3) is 3.30. The number of hydrazine groups is 1. The van der Waals surface area contributed by atoms with Crippen molar-refractivity contribution < 1.29 is 24.2 Å². The number of hydrogen-bond acceptors (Lipinski definition) is 6. The summed E-state index contributed by atoms with van der Waals surface area (Å²) < 4.78 is 11.7. The first-order chi connectivity index (χ1) is 13.5. The maximum atomic E-state index is 12.3. The molecule has 1 aliphatic rings. The number of benzene rings is 2.